The third-order valence-electron chi connectivity index (χ3n) is 4.14. The van der Waals surface area contributed by atoms with Gasteiger partial charge in [0.2, 0.25) is 0 Å². The standard InChI is InChI=1S/C23H17F3O3/c1-28-22-10-3-15(2-9-21(27)16-4-6-18(24)7-5-16)12-17(22)14-29-23-11-8-19(25)13-20(23)26/h2-13H,14H2,1H3/b9-2+. The van der Waals surface area contributed by atoms with Gasteiger partial charge in [0.15, 0.2) is 17.3 Å². The summed E-state index contributed by atoms with van der Waals surface area (Å²) in [5, 5.41) is 0. The predicted octanol–water partition coefficient (Wildman–Crippen LogP) is 5.59. The second-order valence-corrected chi connectivity index (χ2v) is 6.14. The van der Waals surface area contributed by atoms with Crippen molar-refractivity contribution in [2.45, 2.75) is 6.61 Å². The van der Waals surface area contributed by atoms with Gasteiger partial charge in [0, 0.05) is 17.2 Å². The van der Waals surface area contributed by atoms with Crippen LogP contribution in [0, 0.1) is 17.5 Å². The predicted molar refractivity (Wildman–Crippen MR) is 103 cm³/mol. The zero-order valence-corrected chi connectivity index (χ0v) is 15.5. The van der Waals surface area contributed by atoms with Crippen LogP contribution < -0.4 is 9.47 Å². The van der Waals surface area contributed by atoms with Crippen LogP contribution in [-0.2, 0) is 6.61 Å². The summed E-state index contributed by atoms with van der Waals surface area (Å²) in [4.78, 5) is 12.2. The summed E-state index contributed by atoms with van der Waals surface area (Å²) in [6.45, 7) is -0.0146. The molecule has 3 aromatic rings. The molecule has 0 N–H and O–H groups in total. The first-order chi connectivity index (χ1) is 14.0. The Morgan fingerprint density at radius 1 is 0.897 bits per heavy atom. The number of methoxy groups -OCH3 is 1. The Morgan fingerprint density at radius 2 is 1.59 bits per heavy atom. The van der Waals surface area contributed by atoms with E-state index >= 15 is 0 Å². The molecule has 3 nitrogen and oxygen atoms in total. The molecule has 0 amide bonds. The largest absolute Gasteiger partial charge is 0.496 e. The van der Waals surface area contributed by atoms with E-state index in [1.807, 2.05) is 0 Å². The first-order valence-electron chi connectivity index (χ1n) is 8.69. The number of rotatable bonds is 7. The molecule has 0 radical (unpaired) electrons. The van der Waals surface area contributed by atoms with Gasteiger partial charge in [-0.25, -0.2) is 13.2 Å². The molecule has 0 saturated carbocycles. The van der Waals surface area contributed by atoms with Crippen LogP contribution in [0.2, 0.25) is 0 Å². The monoisotopic (exact) mass is 398 g/mol. The molecule has 148 valence electrons. The molecule has 0 saturated heterocycles. The first kappa shape index (κ1) is 20.2. The highest BCUT2D eigenvalue weighted by molar-refractivity contribution is 6.06. The molecule has 0 unspecified atom stereocenters. The van der Waals surface area contributed by atoms with Gasteiger partial charge in [-0.15, -0.1) is 0 Å². The van der Waals surface area contributed by atoms with E-state index in [2.05, 4.69) is 0 Å². The Hall–Kier alpha value is -3.54. The molecule has 0 aliphatic rings. The lowest BCUT2D eigenvalue weighted by Gasteiger charge is -2.12. The molecule has 0 atom stereocenters. The maximum atomic E-state index is 13.7. The summed E-state index contributed by atoms with van der Waals surface area (Å²) in [6, 6.07) is 13.5. The van der Waals surface area contributed by atoms with E-state index in [0.717, 1.165) is 12.1 Å². The molecule has 0 aliphatic carbocycles. The van der Waals surface area contributed by atoms with Crippen LogP contribution in [0.1, 0.15) is 21.5 Å². The van der Waals surface area contributed by atoms with Crippen LogP contribution in [0.15, 0.2) is 66.7 Å². The van der Waals surface area contributed by atoms with E-state index in [1.54, 1.807) is 24.3 Å². The van der Waals surface area contributed by atoms with Gasteiger partial charge in [-0.3, -0.25) is 4.79 Å². The Morgan fingerprint density at radius 3 is 2.28 bits per heavy atom. The van der Waals surface area contributed by atoms with Gasteiger partial charge in [-0.05, 0) is 60.2 Å². The van der Waals surface area contributed by atoms with E-state index in [1.165, 1.54) is 43.5 Å². The number of allylic oxidation sites excluding steroid dienone is 1. The van der Waals surface area contributed by atoms with Crippen LogP contribution >= 0.6 is 0 Å². The van der Waals surface area contributed by atoms with Gasteiger partial charge in [0.05, 0.1) is 7.11 Å². The molecule has 0 fully saturated rings. The Labute approximate surface area is 166 Å². The smallest absolute Gasteiger partial charge is 0.185 e. The van der Waals surface area contributed by atoms with Crippen LogP contribution in [-0.4, -0.2) is 12.9 Å². The fourth-order valence-corrected chi connectivity index (χ4v) is 2.65. The fraction of sp³-hybridized carbons (Fsp3) is 0.0870. The SMILES string of the molecule is COc1ccc(/C=C/C(=O)c2ccc(F)cc2)cc1COc1ccc(F)cc1F. The summed E-state index contributed by atoms with van der Waals surface area (Å²) in [6.07, 6.45) is 2.98. The zero-order valence-electron chi connectivity index (χ0n) is 15.5. The third-order valence-corrected chi connectivity index (χ3v) is 4.14. The highest BCUT2D eigenvalue weighted by Crippen LogP contribution is 2.24. The molecule has 0 aromatic heterocycles. The number of carbonyl (C=O) groups excluding carboxylic acids is 1. The van der Waals surface area contributed by atoms with Crippen LogP contribution in [0.4, 0.5) is 13.2 Å². The van der Waals surface area contributed by atoms with Crippen LogP contribution in [0.25, 0.3) is 6.08 Å². The molecule has 0 aliphatic heterocycles. The first-order valence-corrected chi connectivity index (χ1v) is 8.69. The maximum absolute atomic E-state index is 13.7. The molecule has 3 aromatic carbocycles. The number of ether oxygens (including phenoxy) is 2. The van der Waals surface area contributed by atoms with Crippen molar-refractivity contribution in [3.05, 3.63) is 101 Å². The van der Waals surface area contributed by atoms with Crippen molar-refractivity contribution in [3.8, 4) is 11.5 Å². The van der Waals surface area contributed by atoms with Gasteiger partial charge in [-0.2, -0.15) is 0 Å². The van der Waals surface area contributed by atoms with Crippen molar-refractivity contribution in [3.63, 3.8) is 0 Å². The lowest BCUT2D eigenvalue weighted by atomic mass is 10.1. The Kier molecular flexibility index (Phi) is 6.34. The summed E-state index contributed by atoms with van der Waals surface area (Å²) in [5.41, 5.74) is 1.68. The molecular weight excluding hydrogens is 381 g/mol. The van der Waals surface area contributed by atoms with E-state index in [4.69, 9.17) is 9.47 Å². The second-order valence-electron chi connectivity index (χ2n) is 6.14. The summed E-state index contributed by atoms with van der Waals surface area (Å²) in [7, 11) is 1.49. The van der Waals surface area contributed by atoms with Gasteiger partial charge < -0.3 is 9.47 Å². The van der Waals surface area contributed by atoms with Crippen molar-refractivity contribution in [1.29, 1.82) is 0 Å². The summed E-state index contributed by atoms with van der Waals surface area (Å²) < 4.78 is 50.4. The molecule has 0 spiro atoms. The average molecular weight is 398 g/mol. The lowest BCUT2D eigenvalue weighted by Crippen LogP contribution is -2.01. The fourth-order valence-electron chi connectivity index (χ4n) is 2.65. The van der Waals surface area contributed by atoms with Crippen molar-refractivity contribution in [2.75, 3.05) is 7.11 Å². The van der Waals surface area contributed by atoms with Gasteiger partial charge in [-0.1, -0.05) is 12.1 Å². The molecule has 0 bridgehead atoms. The molecule has 6 heteroatoms. The highest BCUT2D eigenvalue weighted by Gasteiger charge is 2.09. The van der Waals surface area contributed by atoms with Crippen molar-refractivity contribution < 1.29 is 27.4 Å². The topological polar surface area (TPSA) is 35.5 Å². The molecular formula is C23H17F3O3. The second kappa shape index (κ2) is 9.10. The van der Waals surface area contributed by atoms with Gasteiger partial charge >= 0.3 is 0 Å². The number of benzene rings is 3. The molecule has 0 heterocycles. The average Bonchev–Trinajstić information content (AvgIpc) is 2.72. The number of hydrogen-bond donors (Lipinski definition) is 0. The van der Waals surface area contributed by atoms with E-state index < -0.39 is 17.5 Å². The third kappa shape index (κ3) is 5.25. The van der Waals surface area contributed by atoms with Gasteiger partial charge in [0.25, 0.3) is 0 Å². The quantitative estimate of drug-likeness (QED) is 0.385. The normalized spacial score (nSPS) is 10.9. The summed E-state index contributed by atoms with van der Waals surface area (Å²) in [5.74, 6) is -1.74. The minimum atomic E-state index is -0.801. The zero-order chi connectivity index (χ0) is 20.8. The van der Waals surface area contributed by atoms with Gasteiger partial charge in [0.1, 0.15) is 24.0 Å². The number of ketones is 1. The van der Waals surface area contributed by atoms with E-state index in [9.17, 15) is 18.0 Å². The van der Waals surface area contributed by atoms with E-state index in [-0.39, 0.29) is 18.1 Å². The van der Waals surface area contributed by atoms with Crippen LogP contribution in [0.5, 0.6) is 11.5 Å². The molecule has 29 heavy (non-hydrogen) atoms. The minimum absolute atomic E-state index is 0.0146. The number of hydrogen-bond acceptors (Lipinski definition) is 3. The maximum Gasteiger partial charge on any atom is 0.185 e. The van der Waals surface area contributed by atoms with Crippen LogP contribution in [0.3, 0.4) is 0 Å². The number of halogens is 3. The van der Waals surface area contributed by atoms with Crippen molar-refractivity contribution in [1.82, 2.24) is 0 Å². The number of carbonyl (C=O) groups is 1. The Balaban J connectivity index is 1.75. The minimum Gasteiger partial charge on any atom is -0.496 e. The highest BCUT2D eigenvalue weighted by atomic mass is 19.1. The van der Waals surface area contributed by atoms with Crippen molar-refractivity contribution in [2.24, 2.45) is 0 Å². The summed E-state index contributed by atoms with van der Waals surface area (Å²) >= 11 is 0. The molecule has 3 rings (SSSR count). The van der Waals surface area contributed by atoms with Crippen molar-refractivity contribution >= 4 is 11.9 Å². The lowest BCUT2D eigenvalue weighted by molar-refractivity contribution is 0.104. The Bertz CT molecular complexity index is 1040. The van der Waals surface area contributed by atoms with E-state index in [0.29, 0.717) is 22.4 Å².